The van der Waals surface area contributed by atoms with E-state index in [0.717, 1.165) is 6.42 Å². The zero-order chi connectivity index (χ0) is 13.0. The van der Waals surface area contributed by atoms with E-state index >= 15 is 0 Å². The minimum Gasteiger partial charge on any atom is -0.388 e. The molecule has 5 nitrogen and oxygen atoms in total. The highest BCUT2D eigenvalue weighted by Gasteiger charge is 2.36. The van der Waals surface area contributed by atoms with Crippen LogP contribution in [0.4, 0.5) is 0 Å². The van der Waals surface area contributed by atoms with E-state index in [1.165, 1.54) is 5.56 Å². The summed E-state index contributed by atoms with van der Waals surface area (Å²) >= 11 is 0. The van der Waals surface area contributed by atoms with Crippen LogP contribution in [0.15, 0.2) is 30.3 Å². The Morgan fingerprint density at radius 1 is 1.11 bits per heavy atom. The molecule has 0 saturated carbocycles. The highest BCUT2D eigenvalue weighted by Crippen LogP contribution is 2.13. The summed E-state index contributed by atoms with van der Waals surface area (Å²) in [5, 5.41) is 31.6. The number of ether oxygens (including phenoxy) is 1. The minimum atomic E-state index is -1.16. The quantitative estimate of drug-likeness (QED) is 0.568. The molecule has 4 atom stereocenters. The maximum absolute atomic E-state index is 9.71. The molecular weight excluding hydrogens is 234 g/mol. The lowest BCUT2D eigenvalue weighted by Crippen LogP contribution is -2.58. The van der Waals surface area contributed by atoms with Crippen LogP contribution in [0, 0.1) is 0 Å². The highest BCUT2D eigenvalue weighted by molar-refractivity contribution is 5.14. The fourth-order valence-electron chi connectivity index (χ4n) is 1.99. The molecule has 1 aromatic carbocycles. The van der Waals surface area contributed by atoms with Gasteiger partial charge in [-0.05, 0) is 12.0 Å². The van der Waals surface area contributed by atoms with Crippen LogP contribution in [0.5, 0.6) is 0 Å². The Morgan fingerprint density at radius 3 is 2.56 bits per heavy atom. The van der Waals surface area contributed by atoms with Gasteiger partial charge < -0.3 is 20.1 Å². The van der Waals surface area contributed by atoms with E-state index in [1.807, 2.05) is 30.3 Å². The van der Waals surface area contributed by atoms with E-state index in [1.54, 1.807) is 0 Å². The molecule has 4 N–H and O–H groups in total. The molecule has 0 unspecified atom stereocenters. The van der Waals surface area contributed by atoms with E-state index in [9.17, 15) is 15.3 Å². The largest absolute Gasteiger partial charge is 0.388 e. The van der Waals surface area contributed by atoms with Gasteiger partial charge in [0, 0.05) is 6.54 Å². The molecule has 1 saturated heterocycles. The van der Waals surface area contributed by atoms with Crippen molar-refractivity contribution < 1.29 is 20.1 Å². The number of hydrogen-bond donors (Lipinski definition) is 4. The molecule has 0 spiro atoms. The lowest BCUT2D eigenvalue weighted by molar-refractivity contribution is -0.194. The van der Waals surface area contributed by atoms with Crippen LogP contribution in [0.1, 0.15) is 5.56 Å². The summed E-state index contributed by atoms with van der Waals surface area (Å²) in [6.45, 7) is 0.662. The number of benzene rings is 1. The average molecular weight is 253 g/mol. The molecule has 1 heterocycles. The first-order valence-corrected chi connectivity index (χ1v) is 6.11. The highest BCUT2D eigenvalue weighted by atomic mass is 16.5. The predicted octanol–water partition coefficient (Wildman–Crippen LogP) is -0.742. The summed E-state index contributed by atoms with van der Waals surface area (Å²) < 4.78 is 5.24. The average Bonchev–Trinajstić information content (AvgIpc) is 2.40. The van der Waals surface area contributed by atoms with Crippen LogP contribution < -0.4 is 5.32 Å². The van der Waals surface area contributed by atoms with Crippen LogP contribution in [0.2, 0.25) is 0 Å². The molecule has 0 amide bonds. The normalized spacial score (nSPS) is 32.4. The molecule has 0 bridgehead atoms. The van der Waals surface area contributed by atoms with Crippen LogP contribution in [0.25, 0.3) is 0 Å². The predicted molar refractivity (Wildman–Crippen MR) is 65.9 cm³/mol. The Kier molecular flexibility index (Phi) is 4.68. The molecule has 0 radical (unpaired) electrons. The van der Waals surface area contributed by atoms with Crippen molar-refractivity contribution in [1.82, 2.24) is 5.32 Å². The Hall–Kier alpha value is -0.980. The van der Waals surface area contributed by atoms with Crippen molar-refractivity contribution in [2.45, 2.75) is 31.0 Å². The zero-order valence-corrected chi connectivity index (χ0v) is 10.1. The minimum absolute atomic E-state index is 0.0290. The number of rotatable bonds is 4. The van der Waals surface area contributed by atoms with Crippen molar-refractivity contribution in [2.24, 2.45) is 0 Å². The van der Waals surface area contributed by atoms with Crippen LogP contribution >= 0.6 is 0 Å². The topological polar surface area (TPSA) is 82.0 Å². The third-order valence-electron chi connectivity index (χ3n) is 3.10. The van der Waals surface area contributed by atoms with Crippen LogP contribution in [0.3, 0.4) is 0 Å². The molecule has 1 aliphatic heterocycles. The summed E-state index contributed by atoms with van der Waals surface area (Å²) in [5.74, 6) is 0. The van der Waals surface area contributed by atoms with E-state index in [0.29, 0.717) is 6.54 Å². The fraction of sp³-hybridized carbons (Fsp3) is 0.538. The second-order valence-electron chi connectivity index (χ2n) is 4.49. The number of hydrogen-bond acceptors (Lipinski definition) is 5. The molecule has 2 rings (SSSR count). The van der Waals surface area contributed by atoms with Gasteiger partial charge in [-0.3, -0.25) is 5.32 Å². The molecule has 0 aromatic heterocycles. The van der Waals surface area contributed by atoms with Gasteiger partial charge in [-0.1, -0.05) is 30.3 Å². The molecule has 1 aromatic rings. The summed E-state index contributed by atoms with van der Waals surface area (Å²) in [5.41, 5.74) is 1.19. The van der Waals surface area contributed by atoms with Gasteiger partial charge in [-0.15, -0.1) is 0 Å². The second-order valence-corrected chi connectivity index (χ2v) is 4.49. The lowest BCUT2D eigenvalue weighted by Gasteiger charge is -2.35. The molecule has 100 valence electrons. The Labute approximate surface area is 106 Å². The fourth-order valence-corrected chi connectivity index (χ4v) is 1.99. The molecule has 18 heavy (non-hydrogen) atoms. The molecule has 5 heteroatoms. The van der Waals surface area contributed by atoms with Crippen molar-refractivity contribution in [3.8, 4) is 0 Å². The summed E-state index contributed by atoms with van der Waals surface area (Å²) in [6.07, 6.45) is -3.11. The number of aliphatic hydroxyl groups is 3. The van der Waals surface area contributed by atoms with Crippen molar-refractivity contribution >= 4 is 0 Å². The maximum atomic E-state index is 9.71. The summed E-state index contributed by atoms with van der Waals surface area (Å²) in [7, 11) is 0. The second kappa shape index (κ2) is 6.26. The number of aliphatic hydroxyl groups excluding tert-OH is 3. The first kappa shape index (κ1) is 13.5. The SMILES string of the molecule is O[C@@H]1[C@H](O)[C@H](O)CO[C@H]1NCCc1ccccc1. The van der Waals surface area contributed by atoms with Gasteiger partial charge in [-0.2, -0.15) is 0 Å². The molecule has 1 fully saturated rings. The Balaban J connectivity index is 1.77. The van der Waals surface area contributed by atoms with Crippen molar-refractivity contribution in [1.29, 1.82) is 0 Å². The first-order valence-electron chi connectivity index (χ1n) is 6.11. The van der Waals surface area contributed by atoms with Crippen molar-refractivity contribution in [3.05, 3.63) is 35.9 Å². The molecule has 0 aliphatic carbocycles. The van der Waals surface area contributed by atoms with E-state index in [-0.39, 0.29) is 6.61 Å². The summed E-state index contributed by atoms with van der Waals surface area (Å²) in [4.78, 5) is 0. The molecule has 1 aliphatic rings. The third-order valence-corrected chi connectivity index (χ3v) is 3.10. The van der Waals surface area contributed by atoms with Gasteiger partial charge in [-0.25, -0.2) is 0 Å². The van der Waals surface area contributed by atoms with Gasteiger partial charge in [0.05, 0.1) is 6.61 Å². The van der Waals surface area contributed by atoms with Gasteiger partial charge in [0.1, 0.15) is 24.5 Å². The van der Waals surface area contributed by atoms with E-state index in [4.69, 9.17) is 4.74 Å². The van der Waals surface area contributed by atoms with E-state index in [2.05, 4.69) is 5.32 Å². The van der Waals surface area contributed by atoms with Crippen LogP contribution in [-0.4, -0.2) is 53.0 Å². The molecular formula is C13H19NO4. The first-order chi connectivity index (χ1) is 8.68. The van der Waals surface area contributed by atoms with Gasteiger partial charge in [0.25, 0.3) is 0 Å². The standard InChI is InChI=1S/C13H19NO4/c15-10-8-18-13(12(17)11(10)16)14-7-6-9-4-2-1-3-5-9/h1-5,10-17H,6-8H2/t10-,11-,12-,13-/m1/s1. The van der Waals surface area contributed by atoms with Gasteiger partial charge in [0.2, 0.25) is 0 Å². The van der Waals surface area contributed by atoms with Crippen LogP contribution in [-0.2, 0) is 11.2 Å². The lowest BCUT2D eigenvalue weighted by atomic mass is 10.0. The third kappa shape index (κ3) is 3.28. The van der Waals surface area contributed by atoms with Gasteiger partial charge >= 0.3 is 0 Å². The smallest absolute Gasteiger partial charge is 0.137 e. The van der Waals surface area contributed by atoms with Crippen molar-refractivity contribution in [2.75, 3.05) is 13.2 Å². The Bertz CT molecular complexity index is 359. The number of nitrogens with one attached hydrogen (secondary N) is 1. The van der Waals surface area contributed by atoms with E-state index < -0.39 is 24.5 Å². The maximum Gasteiger partial charge on any atom is 0.137 e. The Morgan fingerprint density at radius 2 is 1.83 bits per heavy atom. The van der Waals surface area contributed by atoms with Gasteiger partial charge in [0.15, 0.2) is 0 Å². The van der Waals surface area contributed by atoms with Crippen molar-refractivity contribution in [3.63, 3.8) is 0 Å². The monoisotopic (exact) mass is 253 g/mol. The zero-order valence-electron chi connectivity index (χ0n) is 10.1. The summed E-state index contributed by atoms with van der Waals surface area (Å²) in [6, 6.07) is 9.96.